The maximum absolute atomic E-state index is 14.2. The summed E-state index contributed by atoms with van der Waals surface area (Å²) in [5.41, 5.74) is 0.0130. The van der Waals surface area contributed by atoms with E-state index in [-0.39, 0.29) is 47.7 Å². The molecule has 1 aliphatic heterocycles. The van der Waals surface area contributed by atoms with E-state index in [1.807, 2.05) is 18.7 Å². The van der Waals surface area contributed by atoms with E-state index >= 15 is 0 Å². The summed E-state index contributed by atoms with van der Waals surface area (Å²) in [5, 5.41) is 3.35. The number of carbonyl (C=O) groups excluding carboxylic acids is 1. The number of piperazine rings is 1. The van der Waals surface area contributed by atoms with Crippen molar-refractivity contribution in [2.24, 2.45) is 0 Å². The Bertz CT molecular complexity index is 1400. The second-order valence-corrected chi connectivity index (χ2v) is 10.6. The number of nitrogens with zero attached hydrogens (tertiary/aromatic N) is 3. The number of benzene rings is 2. The highest BCUT2D eigenvalue weighted by molar-refractivity contribution is 7.89. The fraction of sp³-hybridized carbons (Fsp3) is 0.360. The van der Waals surface area contributed by atoms with Crippen LogP contribution in [0.4, 0.5) is 10.1 Å². The molecular weight excluding hydrogens is 471 g/mol. The molecule has 1 aromatic heterocycles. The van der Waals surface area contributed by atoms with E-state index < -0.39 is 15.6 Å². The maximum Gasteiger partial charge on any atom is 0.258 e. The van der Waals surface area contributed by atoms with E-state index in [2.05, 4.69) is 5.32 Å². The zero-order valence-corrected chi connectivity index (χ0v) is 20.6. The lowest BCUT2D eigenvalue weighted by atomic mass is 10.2. The van der Waals surface area contributed by atoms with Crippen LogP contribution in [-0.4, -0.2) is 55.4 Å². The number of hydrogen-bond acceptors (Lipinski definition) is 5. The van der Waals surface area contributed by atoms with Gasteiger partial charge in [0.15, 0.2) is 0 Å². The highest BCUT2D eigenvalue weighted by Crippen LogP contribution is 2.26. The van der Waals surface area contributed by atoms with Gasteiger partial charge in [-0.1, -0.05) is 37.3 Å². The molecule has 1 aliphatic rings. The molecule has 0 spiro atoms. The molecule has 1 amide bonds. The average molecular weight is 501 g/mol. The van der Waals surface area contributed by atoms with Crippen molar-refractivity contribution in [3.05, 3.63) is 70.9 Å². The summed E-state index contributed by atoms with van der Waals surface area (Å²) in [6.45, 7) is 4.50. The number of fused-ring (bicyclic) bond motifs is 1. The zero-order chi connectivity index (χ0) is 25.2. The van der Waals surface area contributed by atoms with Gasteiger partial charge in [0.05, 0.1) is 5.69 Å². The Morgan fingerprint density at radius 3 is 2.31 bits per heavy atom. The van der Waals surface area contributed by atoms with Crippen LogP contribution < -0.4 is 15.8 Å². The molecule has 1 saturated heterocycles. The molecule has 4 rings (SSSR count). The first-order chi connectivity index (χ1) is 16.7. The van der Waals surface area contributed by atoms with Crippen LogP contribution in [0.1, 0.15) is 20.3 Å². The van der Waals surface area contributed by atoms with Crippen molar-refractivity contribution in [1.29, 1.82) is 0 Å². The van der Waals surface area contributed by atoms with Crippen molar-refractivity contribution in [3.8, 4) is 0 Å². The van der Waals surface area contributed by atoms with Crippen molar-refractivity contribution in [3.63, 3.8) is 0 Å². The van der Waals surface area contributed by atoms with E-state index in [0.29, 0.717) is 24.2 Å². The van der Waals surface area contributed by atoms with Gasteiger partial charge < -0.3 is 14.8 Å². The zero-order valence-electron chi connectivity index (χ0n) is 19.8. The normalized spacial score (nSPS) is 15.8. The number of para-hydroxylation sites is 1. The summed E-state index contributed by atoms with van der Waals surface area (Å²) in [6, 6.07) is 12.9. The summed E-state index contributed by atoms with van der Waals surface area (Å²) < 4.78 is 44.1. The monoisotopic (exact) mass is 500 g/mol. The highest BCUT2D eigenvalue weighted by Gasteiger charge is 2.31. The Hall–Kier alpha value is -3.24. The molecule has 3 aromatic rings. The van der Waals surface area contributed by atoms with Gasteiger partial charge in [-0.25, -0.2) is 12.8 Å². The smallest absolute Gasteiger partial charge is 0.258 e. The minimum absolute atomic E-state index is 0.0246. The van der Waals surface area contributed by atoms with Gasteiger partial charge in [0.1, 0.15) is 17.3 Å². The molecule has 1 atom stereocenters. The molecule has 0 bridgehead atoms. The molecule has 10 heteroatoms. The van der Waals surface area contributed by atoms with Gasteiger partial charge in [-0.2, -0.15) is 4.31 Å². The standard InChI is InChI=1S/C25H29FN4O4S/c1-3-18(2)27-24(31)17-29-16-23(19-8-4-5-9-20(19)25(29)32)35(33,34)30-14-12-28(13-15-30)22-11-7-6-10-21(22)26/h4-11,16,18H,3,12-15,17H2,1-2H3,(H,27,31)/t18-/m1/s1. The van der Waals surface area contributed by atoms with Gasteiger partial charge in [0.25, 0.3) is 5.56 Å². The summed E-state index contributed by atoms with van der Waals surface area (Å²) in [4.78, 5) is 27.3. The van der Waals surface area contributed by atoms with Crippen LogP contribution in [0.3, 0.4) is 0 Å². The molecule has 1 fully saturated rings. The summed E-state index contributed by atoms with van der Waals surface area (Å²) in [5.74, 6) is -0.712. The highest BCUT2D eigenvalue weighted by atomic mass is 32.2. The number of anilines is 1. The minimum atomic E-state index is -3.99. The fourth-order valence-electron chi connectivity index (χ4n) is 4.23. The van der Waals surface area contributed by atoms with Crippen molar-refractivity contribution >= 4 is 32.4 Å². The number of rotatable bonds is 7. The van der Waals surface area contributed by atoms with Crippen molar-refractivity contribution in [2.45, 2.75) is 37.8 Å². The molecule has 2 heterocycles. The summed E-state index contributed by atoms with van der Waals surface area (Å²) >= 11 is 0. The molecule has 0 saturated carbocycles. The van der Waals surface area contributed by atoms with Crippen LogP contribution in [0.2, 0.25) is 0 Å². The second-order valence-electron chi connectivity index (χ2n) is 8.69. The third-order valence-corrected chi connectivity index (χ3v) is 8.27. The number of carbonyl (C=O) groups is 1. The number of hydrogen-bond donors (Lipinski definition) is 1. The lowest BCUT2D eigenvalue weighted by Crippen LogP contribution is -2.49. The van der Waals surface area contributed by atoms with Crippen LogP contribution in [0.25, 0.3) is 10.8 Å². The largest absolute Gasteiger partial charge is 0.367 e. The fourth-order valence-corrected chi connectivity index (χ4v) is 5.86. The Morgan fingerprint density at radius 1 is 1.03 bits per heavy atom. The molecule has 186 valence electrons. The molecule has 2 aromatic carbocycles. The molecule has 35 heavy (non-hydrogen) atoms. The van der Waals surface area contributed by atoms with E-state index in [1.54, 1.807) is 42.5 Å². The first-order valence-corrected chi connectivity index (χ1v) is 13.1. The average Bonchev–Trinajstić information content (AvgIpc) is 2.86. The van der Waals surface area contributed by atoms with Crippen molar-refractivity contribution < 1.29 is 17.6 Å². The van der Waals surface area contributed by atoms with Gasteiger partial charge in [-0.15, -0.1) is 0 Å². The molecular formula is C25H29FN4O4S. The number of nitrogens with one attached hydrogen (secondary N) is 1. The van der Waals surface area contributed by atoms with Gasteiger partial charge >= 0.3 is 0 Å². The van der Waals surface area contributed by atoms with Crippen LogP contribution in [0.5, 0.6) is 0 Å². The van der Waals surface area contributed by atoms with Crippen LogP contribution in [0, 0.1) is 5.82 Å². The van der Waals surface area contributed by atoms with E-state index in [9.17, 15) is 22.4 Å². The number of amides is 1. The van der Waals surface area contributed by atoms with Gasteiger partial charge in [-0.3, -0.25) is 9.59 Å². The Balaban J connectivity index is 1.65. The SMILES string of the molecule is CC[C@@H](C)NC(=O)Cn1cc(S(=O)(=O)N2CCN(c3ccccc3F)CC2)c2ccccc2c1=O. The minimum Gasteiger partial charge on any atom is -0.367 e. The summed E-state index contributed by atoms with van der Waals surface area (Å²) in [7, 11) is -3.99. The molecule has 1 N–H and O–H groups in total. The Labute approximate surface area is 204 Å². The van der Waals surface area contributed by atoms with Gasteiger partial charge in [-0.05, 0) is 31.5 Å². The maximum atomic E-state index is 14.2. The molecule has 8 nitrogen and oxygen atoms in total. The lowest BCUT2D eigenvalue weighted by Gasteiger charge is -2.35. The Kier molecular flexibility index (Phi) is 7.23. The topological polar surface area (TPSA) is 91.7 Å². The Morgan fingerprint density at radius 2 is 1.66 bits per heavy atom. The molecule has 0 unspecified atom stereocenters. The molecule has 0 radical (unpaired) electrons. The number of aromatic nitrogens is 1. The summed E-state index contributed by atoms with van der Waals surface area (Å²) in [6.07, 6.45) is 2.00. The number of pyridine rings is 1. The number of halogens is 1. The molecule has 0 aliphatic carbocycles. The van der Waals surface area contributed by atoms with Gasteiger partial charge in [0, 0.05) is 49.2 Å². The quantitative estimate of drug-likeness (QED) is 0.539. The van der Waals surface area contributed by atoms with E-state index in [4.69, 9.17) is 0 Å². The predicted octanol–water partition coefficient (Wildman–Crippen LogP) is 2.57. The van der Waals surface area contributed by atoms with Crippen LogP contribution in [0.15, 0.2) is 64.4 Å². The van der Waals surface area contributed by atoms with E-state index in [1.165, 1.54) is 16.6 Å². The third kappa shape index (κ3) is 5.08. The third-order valence-electron chi connectivity index (χ3n) is 6.34. The first-order valence-electron chi connectivity index (χ1n) is 11.6. The van der Waals surface area contributed by atoms with Crippen molar-refractivity contribution in [2.75, 3.05) is 31.1 Å². The second kappa shape index (κ2) is 10.2. The van der Waals surface area contributed by atoms with Gasteiger partial charge in [0.2, 0.25) is 15.9 Å². The predicted molar refractivity (Wildman–Crippen MR) is 133 cm³/mol. The first kappa shape index (κ1) is 24.9. The van der Waals surface area contributed by atoms with Crippen LogP contribution in [-0.2, 0) is 21.4 Å². The number of sulfonamides is 1. The van der Waals surface area contributed by atoms with E-state index in [0.717, 1.165) is 11.0 Å². The lowest BCUT2D eigenvalue weighted by molar-refractivity contribution is -0.122. The van der Waals surface area contributed by atoms with Crippen LogP contribution >= 0.6 is 0 Å². The van der Waals surface area contributed by atoms with Crippen molar-refractivity contribution in [1.82, 2.24) is 14.2 Å².